The highest BCUT2D eigenvalue weighted by molar-refractivity contribution is 5.70. The summed E-state index contributed by atoms with van der Waals surface area (Å²) in [7, 11) is 1.76. The Morgan fingerprint density at radius 3 is 1.90 bits per heavy atom. The number of esters is 1. The maximum Gasteiger partial charge on any atom is 0.308 e. The van der Waals surface area contributed by atoms with Crippen molar-refractivity contribution in [1.29, 1.82) is 0 Å². The number of hydrogen-bond donors (Lipinski definition) is 0. The summed E-state index contributed by atoms with van der Waals surface area (Å²) in [6, 6.07) is 13.3. The van der Waals surface area contributed by atoms with Crippen molar-refractivity contribution in [3.05, 3.63) is 58.7 Å². The van der Waals surface area contributed by atoms with E-state index in [-0.39, 0.29) is 11.4 Å². The smallest absolute Gasteiger partial charge is 0.308 e. The Bertz CT molecular complexity index is 862. The summed E-state index contributed by atoms with van der Waals surface area (Å²) in [6.07, 6.45) is 10.2. The molecular formula is C27H36O3. The quantitative estimate of drug-likeness (QED) is 0.357. The predicted molar refractivity (Wildman–Crippen MR) is 123 cm³/mol. The van der Waals surface area contributed by atoms with Crippen LogP contribution in [0.5, 0.6) is 11.5 Å². The minimum atomic E-state index is -0.258. The number of aryl methyl sites for hydroxylation is 2. The highest BCUT2D eigenvalue weighted by Gasteiger charge is 2.36. The Balaban J connectivity index is 2.11. The maximum absolute atomic E-state index is 11.6. The molecule has 2 aromatic rings. The average Bonchev–Trinajstić information content (AvgIpc) is 2.75. The van der Waals surface area contributed by atoms with E-state index in [1.807, 2.05) is 6.07 Å². The normalized spacial score (nSPS) is 15.6. The van der Waals surface area contributed by atoms with E-state index in [4.69, 9.17) is 9.47 Å². The van der Waals surface area contributed by atoms with Gasteiger partial charge >= 0.3 is 5.97 Å². The van der Waals surface area contributed by atoms with Crippen LogP contribution in [0.3, 0.4) is 0 Å². The van der Waals surface area contributed by atoms with Crippen molar-refractivity contribution in [1.82, 2.24) is 0 Å². The first kappa shape index (κ1) is 22.4. The van der Waals surface area contributed by atoms with Crippen LogP contribution in [0.25, 0.3) is 0 Å². The zero-order valence-corrected chi connectivity index (χ0v) is 19.1. The highest BCUT2D eigenvalue weighted by atomic mass is 16.5. The van der Waals surface area contributed by atoms with Crippen LogP contribution in [-0.2, 0) is 23.1 Å². The van der Waals surface area contributed by atoms with Crippen LogP contribution in [0.1, 0.15) is 88.0 Å². The molecule has 162 valence electrons. The monoisotopic (exact) mass is 408 g/mol. The zero-order chi connectivity index (χ0) is 21.6. The third kappa shape index (κ3) is 4.71. The topological polar surface area (TPSA) is 35.5 Å². The average molecular weight is 409 g/mol. The number of carbonyl (C=O) groups excluding carboxylic acids is 1. The first-order valence-corrected chi connectivity index (χ1v) is 11.5. The van der Waals surface area contributed by atoms with Crippen molar-refractivity contribution < 1.29 is 14.3 Å². The van der Waals surface area contributed by atoms with Gasteiger partial charge in [0.05, 0.1) is 7.11 Å². The largest absolute Gasteiger partial charge is 0.496 e. The summed E-state index contributed by atoms with van der Waals surface area (Å²) >= 11 is 0. The summed E-state index contributed by atoms with van der Waals surface area (Å²) in [5.74, 6) is 1.44. The molecule has 3 rings (SSSR count). The molecule has 0 saturated heterocycles. The van der Waals surface area contributed by atoms with E-state index in [0.717, 1.165) is 49.8 Å². The van der Waals surface area contributed by atoms with E-state index in [1.165, 1.54) is 42.9 Å². The highest BCUT2D eigenvalue weighted by Crippen LogP contribution is 2.46. The molecule has 1 aliphatic rings. The van der Waals surface area contributed by atoms with Crippen LogP contribution in [0.4, 0.5) is 0 Å². The molecule has 0 atom stereocenters. The molecule has 3 nitrogen and oxygen atoms in total. The predicted octanol–water partition coefficient (Wildman–Crippen LogP) is 6.78. The fourth-order valence-electron chi connectivity index (χ4n) is 5.04. The van der Waals surface area contributed by atoms with E-state index in [2.05, 4.69) is 44.2 Å². The molecule has 1 saturated carbocycles. The van der Waals surface area contributed by atoms with Gasteiger partial charge in [-0.05, 0) is 60.1 Å². The van der Waals surface area contributed by atoms with Gasteiger partial charge in [-0.1, -0.05) is 70.2 Å². The maximum atomic E-state index is 11.6. The third-order valence-electron chi connectivity index (χ3n) is 6.45. The Hall–Kier alpha value is -2.29. The molecule has 30 heavy (non-hydrogen) atoms. The molecule has 3 heteroatoms. The first-order valence-electron chi connectivity index (χ1n) is 11.5. The van der Waals surface area contributed by atoms with Crippen molar-refractivity contribution >= 4 is 5.97 Å². The van der Waals surface area contributed by atoms with Gasteiger partial charge < -0.3 is 9.47 Å². The van der Waals surface area contributed by atoms with Crippen molar-refractivity contribution in [3.63, 3.8) is 0 Å². The third-order valence-corrected chi connectivity index (χ3v) is 6.45. The van der Waals surface area contributed by atoms with Gasteiger partial charge in [0.2, 0.25) is 0 Å². The molecule has 0 N–H and O–H groups in total. The Kier molecular flexibility index (Phi) is 7.58. The molecule has 1 fully saturated rings. The second-order valence-electron chi connectivity index (χ2n) is 8.59. The number of ether oxygens (including phenoxy) is 2. The lowest BCUT2D eigenvalue weighted by molar-refractivity contribution is -0.131. The van der Waals surface area contributed by atoms with Crippen molar-refractivity contribution in [2.24, 2.45) is 0 Å². The number of rotatable bonds is 8. The van der Waals surface area contributed by atoms with Gasteiger partial charge in [0.1, 0.15) is 11.5 Å². The van der Waals surface area contributed by atoms with E-state index in [0.29, 0.717) is 5.75 Å². The second-order valence-corrected chi connectivity index (χ2v) is 8.59. The van der Waals surface area contributed by atoms with Crippen LogP contribution in [0.2, 0.25) is 0 Å². The fourth-order valence-corrected chi connectivity index (χ4v) is 5.04. The van der Waals surface area contributed by atoms with Gasteiger partial charge in [-0.3, -0.25) is 4.79 Å². The molecule has 0 aliphatic heterocycles. The Morgan fingerprint density at radius 1 is 0.867 bits per heavy atom. The van der Waals surface area contributed by atoms with Crippen molar-refractivity contribution in [3.8, 4) is 11.5 Å². The van der Waals surface area contributed by atoms with Crippen molar-refractivity contribution in [2.75, 3.05) is 7.11 Å². The minimum Gasteiger partial charge on any atom is -0.496 e. The Morgan fingerprint density at radius 2 is 1.40 bits per heavy atom. The van der Waals surface area contributed by atoms with Crippen LogP contribution in [0, 0.1) is 0 Å². The minimum absolute atomic E-state index is 0.0181. The molecule has 1 aliphatic carbocycles. The van der Waals surface area contributed by atoms with Crippen molar-refractivity contribution in [2.45, 2.75) is 84.0 Å². The van der Waals surface area contributed by atoms with Gasteiger partial charge in [-0.15, -0.1) is 0 Å². The fraction of sp³-hybridized carbons (Fsp3) is 0.519. The van der Waals surface area contributed by atoms with E-state index < -0.39 is 0 Å². The van der Waals surface area contributed by atoms with E-state index in [1.54, 1.807) is 7.11 Å². The number of carbonyl (C=O) groups is 1. The van der Waals surface area contributed by atoms with Gasteiger partial charge in [-0.25, -0.2) is 0 Å². The van der Waals surface area contributed by atoms with Crippen LogP contribution < -0.4 is 9.47 Å². The van der Waals surface area contributed by atoms with Gasteiger partial charge in [-0.2, -0.15) is 0 Å². The lowest BCUT2D eigenvalue weighted by atomic mass is 9.64. The van der Waals surface area contributed by atoms with Gasteiger partial charge in [0.25, 0.3) is 0 Å². The SMILES string of the molecule is CCCc1cc(C2(c3ccc(OC(C)=O)c(CCC)c3)CCCCC2)ccc1OC. The molecule has 0 bridgehead atoms. The zero-order valence-electron chi connectivity index (χ0n) is 19.1. The molecular weight excluding hydrogens is 372 g/mol. The van der Waals surface area contributed by atoms with Crippen LogP contribution in [0.15, 0.2) is 36.4 Å². The number of benzene rings is 2. The molecule has 0 amide bonds. The van der Waals surface area contributed by atoms with Crippen LogP contribution in [-0.4, -0.2) is 13.1 Å². The van der Waals surface area contributed by atoms with Gasteiger partial charge in [0, 0.05) is 12.3 Å². The first-order chi connectivity index (χ1) is 14.5. The Labute approximate surface area is 181 Å². The molecule has 0 radical (unpaired) electrons. The second kappa shape index (κ2) is 10.1. The standard InChI is InChI=1S/C27H36O3/c1-5-10-21-18-23(12-14-25(21)29-4)27(16-8-7-9-17-27)24-13-15-26(30-20(3)28)22(19-24)11-6-2/h12-15,18-19H,5-11,16-17H2,1-4H3. The lowest BCUT2D eigenvalue weighted by Crippen LogP contribution is -2.31. The molecule has 2 aromatic carbocycles. The molecule has 0 spiro atoms. The number of hydrogen-bond acceptors (Lipinski definition) is 3. The lowest BCUT2D eigenvalue weighted by Gasteiger charge is -2.39. The number of methoxy groups -OCH3 is 1. The van der Waals surface area contributed by atoms with Crippen LogP contribution >= 0.6 is 0 Å². The van der Waals surface area contributed by atoms with Gasteiger partial charge in [0.15, 0.2) is 0 Å². The summed E-state index contributed by atoms with van der Waals surface area (Å²) in [6.45, 7) is 5.85. The summed E-state index contributed by atoms with van der Waals surface area (Å²) in [4.78, 5) is 11.6. The van der Waals surface area contributed by atoms with E-state index in [9.17, 15) is 4.79 Å². The summed E-state index contributed by atoms with van der Waals surface area (Å²) < 4.78 is 11.1. The summed E-state index contributed by atoms with van der Waals surface area (Å²) in [5, 5.41) is 0. The molecule has 0 unspecified atom stereocenters. The van der Waals surface area contributed by atoms with E-state index >= 15 is 0 Å². The summed E-state index contributed by atoms with van der Waals surface area (Å²) in [5.41, 5.74) is 5.21. The molecule has 0 heterocycles. The molecule has 0 aromatic heterocycles.